The molecule has 2 aromatic carbocycles. The van der Waals surface area contributed by atoms with Gasteiger partial charge in [-0.05, 0) is 11.6 Å². The number of rotatable bonds is 5. The van der Waals surface area contributed by atoms with E-state index in [9.17, 15) is 9.59 Å². The quantitative estimate of drug-likeness (QED) is 0.844. The van der Waals surface area contributed by atoms with Crippen LogP contribution in [-0.2, 0) is 4.79 Å². The number of carbonyl (C=O) groups excluding carboxylic acids is 1. The van der Waals surface area contributed by atoms with Gasteiger partial charge in [0.15, 0.2) is 5.78 Å². The summed E-state index contributed by atoms with van der Waals surface area (Å²) >= 11 is 6.11. The molecule has 0 aliphatic carbocycles. The van der Waals surface area contributed by atoms with Crippen molar-refractivity contribution in [1.29, 1.82) is 0 Å². The third-order valence-electron chi connectivity index (χ3n) is 2.96. The van der Waals surface area contributed by atoms with Crippen LogP contribution >= 0.6 is 11.6 Å². The van der Waals surface area contributed by atoms with Crippen LogP contribution in [0.2, 0.25) is 5.02 Å². The summed E-state index contributed by atoms with van der Waals surface area (Å²) in [4.78, 5) is 22.2. The van der Waals surface area contributed by atoms with Crippen LogP contribution in [0.15, 0.2) is 48.5 Å². The Morgan fingerprint density at radius 1 is 0.950 bits per heavy atom. The minimum absolute atomic E-state index is 0.0147. The molecule has 0 amide bonds. The number of ketones is 1. The first-order chi connectivity index (χ1) is 9.58. The van der Waals surface area contributed by atoms with Gasteiger partial charge in [0, 0.05) is 22.6 Å². The SMILES string of the molecule is O=C(O)CCC(=O)c1ccc(-c2ccccc2Cl)cc1. The van der Waals surface area contributed by atoms with Gasteiger partial charge >= 0.3 is 5.97 Å². The van der Waals surface area contributed by atoms with E-state index in [0.717, 1.165) is 11.1 Å². The Morgan fingerprint density at radius 2 is 1.60 bits per heavy atom. The molecule has 0 saturated carbocycles. The van der Waals surface area contributed by atoms with Gasteiger partial charge in [-0.3, -0.25) is 9.59 Å². The summed E-state index contributed by atoms with van der Waals surface area (Å²) in [7, 11) is 0. The molecule has 0 bridgehead atoms. The number of hydrogen-bond acceptors (Lipinski definition) is 2. The largest absolute Gasteiger partial charge is 0.481 e. The van der Waals surface area contributed by atoms with Crippen molar-refractivity contribution in [2.45, 2.75) is 12.8 Å². The predicted octanol–water partition coefficient (Wildman–Crippen LogP) is 4.05. The lowest BCUT2D eigenvalue weighted by Crippen LogP contribution is -2.03. The summed E-state index contributed by atoms with van der Waals surface area (Å²) in [5, 5.41) is 9.22. The Hall–Kier alpha value is -2.13. The number of benzene rings is 2. The van der Waals surface area contributed by atoms with Crippen molar-refractivity contribution in [3.63, 3.8) is 0 Å². The molecule has 0 radical (unpaired) electrons. The summed E-state index contributed by atoms with van der Waals surface area (Å²) in [6, 6.07) is 14.5. The number of carboxylic acid groups (broad SMARTS) is 1. The van der Waals surface area contributed by atoms with E-state index in [0.29, 0.717) is 10.6 Å². The molecule has 3 nitrogen and oxygen atoms in total. The Labute approximate surface area is 121 Å². The maximum Gasteiger partial charge on any atom is 0.303 e. The lowest BCUT2D eigenvalue weighted by atomic mass is 10.0. The number of carbonyl (C=O) groups is 2. The average Bonchev–Trinajstić information content (AvgIpc) is 2.45. The Morgan fingerprint density at radius 3 is 2.20 bits per heavy atom. The van der Waals surface area contributed by atoms with Gasteiger partial charge in [-0.1, -0.05) is 54.1 Å². The first-order valence-electron chi connectivity index (χ1n) is 6.18. The van der Waals surface area contributed by atoms with Crippen LogP contribution < -0.4 is 0 Å². The second-order valence-corrected chi connectivity index (χ2v) is 4.78. The molecule has 0 aliphatic rings. The maximum atomic E-state index is 11.8. The van der Waals surface area contributed by atoms with Gasteiger partial charge in [0.25, 0.3) is 0 Å². The number of carboxylic acids is 1. The molecule has 2 rings (SSSR count). The number of halogens is 1. The van der Waals surface area contributed by atoms with E-state index in [-0.39, 0.29) is 18.6 Å². The first kappa shape index (κ1) is 14.3. The average molecular weight is 289 g/mol. The Balaban J connectivity index is 2.16. The fourth-order valence-electron chi connectivity index (χ4n) is 1.90. The minimum atomic E-state index is -0.967. The van der Waals surface area contributed by atoms with Crippen LogP contribution in [0, 0.1) is 0 Å². The molecular formula is C16H13ClO3. The summed E-state index contributed by atoms with van der Waals surface area (Å²) in [6.07, 6.45) is -0.133. The van der Waals surface area contributed by atoms with Gasteiger partial charge in [-0.2, -0.15) is 0 Å². The van der Waals surface area contributed by atoms with Crippen molar-refractivity contribution in [3.8, 4) is 11.1 Å². The van der Waals surface area contributed by atoms with Gasteiger partial charge in [0.2, 0.25) is 0 Å². The predicted molar refractivity (Wildman–Crippen MR) is 78.1 cm³/mol. The third kappa shape index (κ3) is 3.45. The van der Waals surface area contributed by atoms with Crippen molar-refractivity contribution >= 4 is 23.4 Å². The van der Waals surface area contributed by atoms with Crippen LogP contribution in [0.1, 0.15) is 23.2 Å². The zero-order valence-corrected chi connectivity index (χ0v) is 11.4. The summed E-state index contributed by atoms with van der Waals surface area (Å²) in [5.74, 6) is -1.14. The van der Waals surface area contributed by atoms with Gasteiger partial charge in [-0.25, -0.2) is 0 Å². The Kier molecular flexibility index (Phi) is 4.53. The zero-order chi connectivity index (χ0) is 14.5. The van der Waals surface area contributed by atoms with E-state index < -0.39 is 5.97 Å². The molecule has 0 heterocycles. The second kappa shape index (κ2) is 6.35. The molecule has 0 aliphatic heterocycles. The van der Waals surface area contributed by atoms with Crippen molar-refractivity contribution in [2.75, 3.05) is 0 Å². The highest BCUT2D eigenvalue weighted by Crippen LogP contribution is 2.27. The molecule has 0 aromatic heterocycles. The first-order valence-corrected chi connectivity index (χ1v) is 6.55. The normalized spacial score (nSPS) is 10.2. The number of Topliss-reactive ketones (excluding diaryl/α,β-unsaturated/α-hetero) is 1. The van der Waals surface area contributed by atoms with Crippen molar-refractivity contribution in [2.24, 2.45) is 0 Å². The Bertz CT molecular complexity index is 632. The zero-order valence-electron chi connectivity index (χ0n) is 10.7. The monoisotopic (exact) mass is 288 g/mol. The molecule has 0 spiro atoms. The van der Waals surface area contributed by atoms with E-state index in [1.54, 1.807) is 12.1 Å². The van der Waals surface area contributed by atoms with E-state index in [1.165, 1.54) is 0 Å². The molecule has 0 saturated heterocycles. The van der Waals surface area contributed by atoms with Crippen molar-refractivity contribution in [1.82, 2.24) is 0 Å². The van der Waals surface area contributed by atoms with E-state index in [1.807, 2.05) is 36.4 Å². The van der Waals surface area contributed by atoms with E-state index in [4.69, 9.17) is 16.7 Å². The van der Waals surface area contributed by atoms with Gasteiger partial charge in [0.1, 0.15) is 0 Å². The lowest BCUT2D eigenvalue weighted by molar-refractivity contribution is -0.136. The van der Waals surface area contributed by atoms with Gasteiger partial charge in [-0.15, -0.1) is 0 Å². The highest BCUT2D eigenvalue weighted by atomic mass is 35.5. The van der Waals surface area contributed by atoms with Gasteiger partial charge in [0.05, 0.1) is 6.42 Å². The topological polar surface area (TPSA) is 54.4 Å². The maximum absolute atomic E-state index is 11.8. The summed E-state index contributed by atoms with van der Waals surface area (Å²) in [5.41, 5.74) is 2.34. The molecule has 2 aromatic rings. The summed E-state index contributed by atoms with van der Waals surface area (Å²) < 4.78 is 0. The highest BCUT2D eigenvalue weighted by Gasteiger charge is 2.09. The second-order valence-electron chi connectivity index (χ2n) is 4.37. The highest BCUT2D eigenvalue weighted by molar-refractivity contribution is 6.33. The van der Waals surface area contributed by atoms with Crippen LogP contribution in [0.25, 0.3) is 11.1 Å². The van der Waals surface area contributed by atoms with Crippen molar-refractivity contribution in [3.05, 3.63) is 59.1 Å². The molecule has 0 unspecified atom stereocenters. The van der Waals surface area contributed by atoms with Gasteiger partial charge < -0.3 is 5.11 Å². The standard InChI is InChI=1S/C16H13ClO3/c17-14-4-2-1-3-13(14)11-5-7-12(8-6-11)15(18)9-10-16(19)20/h1-8H,9-10H2,(H,19,20). The van der Waals surface area contributed by atoms with Crippen LogP contribution in [0.4, 0.5) is 0 Å². The third-order valence-corrected chi connectivity index (χ3v) is 3.29. The van der Waals surface area contributed by atoms with E-state index in [2.05, 4.69) is 0 Å². The molecule has 1 N–H and O–H groups in total. The molecule has 0 fully saturated rings. The number of hydrogen-bond donors (Lipinski definition) is 1. The summed E-state index contributed by atoms with van der Waals surface area (Å²) in [6.45, 7) is 0. The molecular weight excluding hydrogens is 276 g/mol. The van der Waals surface area contributed by atoms with Crippen LogP contribution in [0.5, 0.6) is 0 Å². The van der Waals surface area contributed by atoms with Crippen LogP contribution in [0.3, 0.4) is 0 Å². The molecule has 0 atom stereocenters. The van der Waals surface area contributed by atoms with Crippen LogP contribution in [-0.4, -0.2) is 16.9 Å². The smallest absolute Gasteiger partial charge is 0.303 e. The minimum Gasteiger partial charge on any atom is -0.481 e. The fourth-order valence-corrected chi connectivity index (χ4v) is 2.14. The molecule has 102 valence electrons. The lowest BCUT2D eigenvalue weighted by Gasteiger charge is -2.05. The number of aliphatic carboxylic acids is 1. The molecule has 20 heavy (non-hydrogen) atoms. The van der Waals surface area contributed by atoms with Crippen molar-refractivity contribution < 1.29 is 14.7 Å². The van der Waals surface area contributed by atoms with E-state index >= 15 is 0 Å². The fraction of sp³-hybridized carbons (Fsp3) is 0.125. The molecule has 4 heteroatoms.